The number of anilines is 1. The lowest BCUT2D eigenvalue weighted by atomic mass is 9.99. The van der Waals surface area contributed by atoms with Crippen molar-refractivity contribution in [2.45, 2.75) is 38.5 Å². The Kier molecular flexibility index (Phi) is 4.87. The fourth-order valence-corrected chi connectivity index (χ4v) is 4.05. The number of aromatic nitrogens is 2. The first-order chi connectivity index (χ1) is 14.5. The minimum atomic E-state index is -4.39. The Labute approximate surface area is 177 Å². The molecule has 3 aromatic rings. The van der Waals surface area contributed by atoms with E-state index in [9.17, 15) is 23.1 Å². The minimum absolute atomic E-state index is 0.160. The predicted octanol–water partition coefficient (Wildman–Crippen LogP) is 4.99. The van der Waals surface area contributed by atoms with Gasteiger partial charge in [-0.25, -0.2) is 9.78 Å². The predicted molar refractivity (Wildman–Crippen MR) is 111 cm³/mol. The molecule has 31 heavy (non-hydrogen) atoms. The van der Waals surface area contributed by atoms with Crippen LogP contribution in [0.15, 0.2) is 48.7 Å². The number of nitrogens with zero attached hydrogens (tertiary/aromatic N) is 4. The molecular formula is C22H23F3N4O2. The van der Waals surface area contributed by atoms with Crippen molar-refractivity contribution in [2.24, 2.45) is 0 Å². The third kappa shape index (κ3) is 3.80. The molecule has 1 N–H and O–H groups in total. The Morgan fingerprint density at radius 1 is 1.10 bits per heavy atom. The van der Waals surface area contributed by atoms with Gasteiger partial charge in [-0.2, -0.15) is 13.2 Å². The van der Waals surface area contributed by atoms with Crippen LogP contribution < -0.4 is 4.90 Å². The average Bonchev–Trinajstić information content (AvgIpc) is 3.01. The van der Waals surface area contributed by atoms with E-state index in [0.717, 1.165) is 17.6 Å². The van der Waals surface area contributed by atoms with Gasteiger partial charge in [0.1, 0.15) is 5.82 Å². The van der Waals surface area contributed by atoms with E-state index < -0.39 is 23.4 Å². The summed E-state index contributed by atoms with van der Waals surface area (Å²) >= 11 is 0. The van der Waals surface area contributed by atoms with Gasteiger partial charge in [-0.1, -0.05) is 18.2 Å². The Morgan fingerprint density at radius 3 is 2.29 bits per heavy atom. The number of alkyl halides is 3. The summed E-state index contributed by atoms with van der Waals surface area (Å²) in [6.45, 7) is 6.57. The van der Waals surface area contributed by atoms with Crippen molar-refractivity contribution in [3.05, 3.63) is 54.2 Å². The first kappa shape index (κ1) is 21.0. The van der Waals surface area contributed by atoms with Crippen molar-refractivity contribution >= 4 is 17.4 Å². The number of carbonyl (C=O) groups is 1. The quantitative estimate of drug-likeness (QED) is 0.634. The lowest BCUT2D eigenvalue weighted by Gasteiger charge is -2.49. The highest BCUT2D eigenvalue weighted by Gasteiger charge is 2.41. The van der Waals surface area contributed by atoms with Crippen LogP contribution in [0.2, 0.25) is 0 Å². The van der Waals surface area contributed by atoms with E-state index in [1.54, 1.807) is 0 Å². The molecule has 1 aliphatic heterocycles. The number of amides is 1. The fraction of sp³-hybridized carbons (Fsp3) is 0.364. The van der Waals surface area contributed by atoms with Crippen LogP contribution >= 0.6 is 0 Å². The maximum absolute atomic E-state index is 12.9. The summed E-state index contributed by atoms with van der Waals surface area (Å²) in [6.07, 6.45) is -3.54. The first-order valence-corrected chi connectivity index (χ1v) is 9.89. The van der Waals surface area contributed by atoms with Crippen LogP contribution in [-0.2, 0) is 6.18 Å². The van der Waals surface area contributed by atoms with Crippen LogP contribution in [0.4, 0.5) is 23.8 Å². The van der Waals surface area contributed by atoms with Crippen molar-refractivity contribution in [2.75, 3.05) is 18.0 Å². The molecule has 164 valence electrons. The maximum atomic E-state index is 12.9. The summed E-state index contributed by atoms with van der Waals surface area (Å²) in [5, 5.41) is 9.61. The van der Waals surface area contributed by atoms with E-state index in [2.05, 4.69) is 0 Å². The van der Waals surface area contributed by atoms with Crippen LogP contribution in [0, 0.1) is 0 Å². The van der Waals surface area contributed by atoms with Crippen molar-refractivity contribution in [3.63, 3.8) is 0 Å². The van der Waals surface area contributed by atoms with Crippen LogP contribution in [0.3, 0.4) is 0 Å². The number of hydrogen-bond donors (Lipinski definition) is 1. The summed E-state index contributed by atoms with van der Waals surface area (Å²) in [5.41, 5.74) is 0.149. The molecule has 2 aromatic heterocycles. The Hall–Kier alpha value is -3.23. The zero-order valence-corrected chi connectivity index (χ0v) is 17.4. The summed E-state index contributed by atoms with van der Waals surface area (Å²) in [5.74, 6) is 1.22. The van der Waals surface area contributed by atoms with E-state index in [1.807, 2.05) is 54.5 Å². The third-order valence-corrected chi connectivity index (χ3v) is 5.46. The summed E-state index contributed by atoms with van der Waals surface area (Å²) in [7, 11) is 0. The third-order valence-electron chi connectivity index (χ3n) is 5.46. The van der Waals surface area contributed by atoms with Crippen LogP contribution in [-0.4, -0.2) is 50.2 Å². The van der Waals surface area contributed by atoms with E-state index in [0.29, 0.717) is 30.3 Å². The number of fused-ring (bicyclic) bond motifs is 1. The molecular weight excluding hydrogens is 409 g/mol. The number of pyridine rings is 1. The number of rotatable bonds is 3. The van der Waals surface area contributed by atoms with Crippen molar-refractivity contribution < 1.29 is 23.1 Å². The van der Waals surface area contributed by atoms with E-state index in [1.165, 1.54) is 17.0 Å². The summed E-state index contributed by atoms with van der Waals surface area (Å²) in [4.78, 5) is 19.9. The zero-order valence-electron chi connectivity index (χ0n) is 17.4. The van der Waals surface area contributed by atoms with Crippen molar-refractivity contribution in [1.29, 1.82) is 0 Å². The van der Waals surface area contributed by atoms with E-state index in [4.69, 9.17) is 4.98 Å². The molecule has 6 nitrogen and oxygen atoms in total. The largest absolute Gasteiger partial charge is 0.465 e. The summed E-state index contributed by atoms with van der Waals surface area (Å²) in [6, 6.07) is 10.4. The molecule has 1 amide bonds. The minimum Gasteiger partial charge on any atom is -0.465 e. The van der Waals surface area contributed by atoms with Gasteiger partial charge >= 0.3 is 12.3 Å². The van der Waals surface area contributed by atoms with Gasteiger partial charge in [0.2, 0.25) is 0 Å². The van der Waals surface area contributed by atoms with Gasteiger partial charge in [0.05, 0.1) is 17.1 Å². The van der Waals surface area contributed by atoms with Gasteiger partial charge < -0.3 is 10.0 Å². The summed E-state index contributed by atoms with van der Waals surface area (Å²) < 4.78 is 40.6. The molecule has 3 heterocycles. The van der Waals surface area contributed by atoms with Gasteiger partial charge in [0.15, 0.2) is 5.82 Å². The second-order valence-corrected chi connectivity index (χ2v) is 8.67. The van der Waals surface area contributed by atoms with Gasteiger partial charge in [-0.15, -0.1) is 0 Å². The van der Waals surface area contributed by atoms with Crippen molar-refractivity contribution in [3.8, 4) is 11.4 Å². The maximum Gasteiger partial charge on any atom is 0.416 e. The normalized spacial score (nSPS) is 15.2. The lowest BCUT2D eigenvalue weighted by molar-refractivity contribution is -0.137. The molecule has 4 rings (SSSR count). The average molecular weight is 432 g/mol. The molecule has 1 aromatic carbocycles. The van der Waals surface area contributed by atoms with Crippen LogP contribution in [0.25, 0.3) is 16.9 Å². The fourth-order valence-electron chi connectivity index (χ4n) is 4.05. The van der Waals surface area contributed by atoms with Crippen LogP contribution in [0.5, 0.6) is 0 Å². The standard InChI is InChI=1S/C22H23F3N4O2/c1-21(2,3)29(20(30)31)16-12-27(13-16)19-17-6-4-5-11-28(17)18(26-19)14-7-9-15(10-8-14)22(23,24)25/h4-11,16H,12-13H2,1-3H3,(H,30,31). The number of hydrogen-bond acceptors (Lipinski definition) is 3. The number of carboxylic acid groups (broad SMARTS) is 1. The number of halogens is 3. The number of imidazole rings is 1. The zero-order chi connectivity index (χ0) is 22.6. The smallest absolute Gasteiger partial charge is 0.416 e. The highest BCUT2D eigenvalue weighted by Crippen LogP contribution is 2.35. The van der Waals surface area contributed by atoms with Gasteiger partial charge in [-0.05, 0) is 45.0 Å². The second-order valence-electron chi connectivity index (χ2n) is 8.67. The van der Waals surface area contributed by atoms with Crippen molar-refractivity contribution in [1.82, 2.24) is 14.3 Å². The van der Waals surface area contributed by atoms with Crippen LogP contribution in [0.1, 0.15) is 26.3 Å². The molecule has 9 heteroatoms. The van der Waals surface area contributed by atoms with Gasteiger partial charge in [0.25, 0.3) is 0 Å². The molecule has 0 spiro atoms. The monoisotopic (exact) mass is 432 g/mol. The molecule has 0 radical (unpaired) electrons. The van der Waals surface area contributed by atoms with Gasteiger partial charge in [0, 0.05) is 30.4 Å². The highest BCUT2D eigenvalue weighted by molar-refractivity contribution is 5.77. The Balaban J connectivity index is 1.65. The molecule has 0 atom stereocenters. The Morgan fingerprint density at radius 2 is 1.74 bits per heavy atom. The Bertz CT molecular complexity index is 1110. The first-order valence-electron chi connectivity index (χ1n) is 9.89. The van der Waals surface area contributed by atoms with E-state index >= 15 is 0 Å². The second kappa shape index (κ2) is 7.18. The molecule has 1 aliphatic rings. The van der Waals surface area contributed by atoms with E-state index in [-0.39, 0.29) is 6.04 Å². The molecule has 0 aliphatic carbocycles. The SMILES string of the molecule is CC(C)(C)N(C(=O)O)C1CN(c2nc(-c3ccc(C(F)(F)F)cc3)n3ccccc23)C1. The number of benzene rings is 1. The topological polar surface area (TPSA) is 61.1 Å². The highest BCUT2D eigenvalue weighted by atomic mass is 19.4. The molecule has 1 saturated heterocycles. The van der Waals surface area contributed by atoms with Gasteiger partial charge in [-0.3, -0.25) is 9.30 Å². The lowest BCUT2D eigenvalue weighted by Crippen LogP contribution is -2.65. The molecule has 0 unspecified atom stereocenters. The molecule has 1 fully saturated rings. The molecule has 0 bridgehead atoms. The molecule has 0 saturated carbocycles.